The lowest BCUT2D eigenvalue weighted by molar-refractivity contribution is -0.113. The number of nitrogens with zero attached hydrogens (tertiary/aromatic N) is 2. The van der Waals surface area contributed by atoms with Crippen LogP contribution in [0.4, 0.5) is 10.1 Å². The van der Waals surface area contributed by atoms with Crippen LogP contribution in [-0.2, 0) is 4.79 Å². The maximum absolute atomic E-state index is 13.2. The van der Waals surface area contributed by atoms with Crippen molar-refractivity contribution >= 4 is 61.6 Å². The number of anilines is 1. The van der Waals surface area contributed by atoms with E-state index >= 15 is 0 Å². The van der Waals surface area contributed by atoms with Crippen molar-refractivity contribution in [2.45, 2.75) is 19.5 Å². The molecular formula is C19H16BrClFN3OS. The third-order valence-corrected chi connectivity index (χ3v) is 5.41. The first-order valence-corrected chi connectivity index (χ1v) is 10.2. The molecule has 0 bridgehead atoms. The first-order valence-electron chi connectivity index (χ1n) is 8.07. The van der Waals surface area contributed by atoms with Crippen molar-refractivity contribution in [2.75, 3.05) is 11.1 Å². The Morgan fingerprint density at radius 1 is 1.22 bits per heavy atom. The second-order valence-electron chi connectivity index (χ2n) is 6.34. The Morgan fingerprint density at radius 3 is 2.59 bits per heavy atom. The number of thioether (sulfide) groups is 1. The number of nitrogens with one attached hydrogen (secondary N) is 1. The average Bonchev–Trinajstić information content (AvgIpc) is 2.92. The summed E-state index contributed by atoms with van der Waals surface area (Å²) >= 11 is 10.5. The molecule has 0 atom stereocenters. The molecule has 0 aromatic heterocycles. The molecule has 2 aromatic rings. The van der Waals surface area contributed by atoms with Gasteiger partial charge in [-0.05, 0) is 44.2 Å². The predicted molar refractivity (Wildman–Crippen MR) is 115 cm³/mol. The summed E-state index contributed by atoms with van der Waals surface area (Å²) in [6.45, 7) is 3.83. The van der Waals surface area contributed by atoms with E-state index in [0.29, 0.717) is 5.69 Å². The topological polar surface area (TPSA) is 53.8 Å². The van der Waals surface area contributed by atoms with E-state index in [1.54, 1.807) is 0 Å². The number of aliphatic imine (C=N–C) groups is 2. The average molecular weight is 469 g/mol. The van der Waals surface area contributed by atoms with Crippen LogP contribution in [0.3, 0.4) is 0 Å². The molecule has 2 aromatic carbocycles. The lowest BCUT2D eigenvalue weighted by Gasteiger charge is -2.08. The van der Waals surface area contributed by atoms with Crippen molar-refractivity contribution in [3.8, 4) is 0 Å². The third-order valence-electron chi connectivity index (χ3n) is 3.62. The molecule has 4 nitrogen and oxygen atoms in total. The van der Waals surface area contributed by atoms with Crippen molar-refractivity contribution in [3.05, 3.63) is 63.3 Å². The summed E-state index contributed by atoms with van der Waals surface area (Å²) in [4.78, 5) is 21.5. The molecule has 1 amide bonds. The fraction of sp³-hybridized carbons (Fsp3) is 0.211. The quantitative estimate of drug-likeness (QED) is 0.639. The van der Waals surface area contributed by atoms with Crippen LogP contribution < -0.4 is 5.32 Å². The van der Waals surface area contributed by atoms with Crippen LogP contribution >= 0.6 is 39.3 Å². The van der Waals surface area contributed by atoms with Gasteiger partial charge in [0.15, 0.2) is 0 Å². The van der Waals surface area contributed by atoms with Crippen LogP contribution in [0.5, 0.6) is 0 Å². The smallest absolute Gasteiger partial charge is 0.234 e. The lowest BCUT2D eigenvalue weighted by atomic mass is 10.1. The molecule has 0 unspecified atom stereocenters. The van der Waals surface area contributed by atoms with Gasteiger partial charge in [-0.3, -0.25) is 9.79 Å². The molecule has 0 radical (unpaired) electrons. The van der Waals surface area contributed by atoms with Gasteiger partial charge in [0.2, 0.25) is 5.91 Å². The standard InChI is InChI=1S/C19H16BrClFN3OS/c1-19(2)24-17(11-3-5-12(20)6-4-11)18(25-19)27-10-16(26)23-13-7-8-15(22)14(21)9-13/h3-9H,10H2,1-2H3,(H,23,26). The van der Waals surface area contributed by atoms with Gasteiger partial charge in [-0.25, -0.2) is 9.38 Å². The van der Waals surface area contributed by atoms with Gasteiger partial charge >= 0.3 is 0 Å². The monoisotopic (exact) mass is 467 g/mol. The maximum Gasteiger partial charge on any atom is 0.234 e. The summed E-state index contributed by atoms with van der Waals surface area (Å²) in [5, 5.41) is 3.39. The summed E-state index contributed by atoms with van der Waals surface area (Å²) in [5.41, 5.74) is 1.60. The summed E-state index contributed by atoms with van der Waals surface area (Å²) in [6.07, 6.45) is 0. The number of amides is 1. The van der Waals surface area contributed by atoms with Gasteiger partial charge in [0.25, 0.3) is 0 Å². The fourth-order valence-electron chi connectivity index (χ4n) is 2.45. The highest BCUT2D eigenvalue weighted by Crippen LogP contribution is 2.27. The van der Waals surface area contributed by atoms with E-state index < -0.39 is 11.5 Å². The number of benzene rings is 2. The number of carbonyl (C=O) groups is 1. The van der Waals surface area contributed by atoms with E-state index in [4.69, 9.17) is 11.6 Å². The molecule has 0 saturated heterocycles. The van der Waals surface area contributed by atoms with Crippen molar-refractivity contribution in [1.29, 1.82) is 0 Å². The van der Waals surface area contributed by atoms with E-state index in [9.17, 15) is 9.18 Å². The minimum Gasteiger partial charge on any atom is -0.325 e. The second kappa shape index (κ2) is 8.12. The van der Waals surface area contributed by atoms with Gasteiger partial charge in [0.05, 0.1) is 16.5 Å². The first-order chi connectivity index (χ1) is 12.7. The largest absolute Gasteiger partial charge is 0.325 e. The van der Waals surface area contributed by atoms with Crippen molar-refractivity contribution in [3.63, 3.8) is 0 Å². The Labute approximate surface area is 174 Å². The van der Waals surface area contributed by atoms with Gasteiger partial charge in [0, 0.05) is 15.7 Å². The third kappa shape index (κ3) is 5.18. The molecular weight excluding hydrogens is 453 g/mol. The normalized spacial score (nSPS) is 15.3. The number of halogens is 3. The van der Waals surface area contributed by atoms with E-state index in [1.165, 1.54) is 30.0 Å². The first kappa shape index (κ1) is 20.0. The Balaban J connectivity index is 1.68. The van der Waals surface area contributed by atoms with Crippen LogP contribution in [0.25, 0.3) is 0 Å². The number of hydrogen-bond acceptors (Lipinski definition) is 4. The minimum absolute atomic E-state index is 0.0352. The van der Waals surface area contributed by atoms with Gasteiger partial charge in [-0.2, -0.15) is 0 Å². The van der Waals surface area contributed by atoms with E-state index in [1.807, 2.05) is 38.1 Å². The SMILES string of the molecule is CC1(C)N=C(SCC(=O)Nc2ccc(F)c(Cl)c2)C(c2ccc(Br)cc2)=N1. The van der Waals surface area contributed by atoms with Crippen LogP contribution in [0.2, 0.25) is 5.02 Å². The molecule has 140 valence electrons. The Kier molecular flexibility index (Phi) is 6.03. The van der Waals surface area contributed by atoms with Gasteiger partial charge in [-0.15, -0.1) is 0 Å². The van der Waals surface area contributed by atoms with Gasteiger partial charge in [-0.1, -0.05) is 51.4 Å². The Morgan fingerprint density at radius 2 is 1.93 bits per heavy atom. The van der Waals surface area contributed by atoms with E-state index in [2.05, 4.69) is 31.2 Å². The molecule has 27 heavy (non-hydrogen) atoms. The summed E-state index contributed by atoms with van der Waals surface area (Å²) in [5.74, 6) is -0.605. The number of rotatable bonds is 4. The van der Waals surface area contributed by atoms with E-state index in [0.717, 1.165) is 20.8 Å². The highest BCUT2D eigenvalue weighted by atomic mass is 79.9. The molecule has 1 aliphatic heterocycles. The molecule has 0 saturated carbocycles. The van der Waals surface area contributed by atoms with Gasteiger partial charge in [0.1, 0.15) is 16.5 Å². The molecule has 0 aliphatic carbocycles. The predicted octanol–water partition coefficient (Wildman–Crippen LogP) is 5.55. The highest BCUT2D eigenvalue weighted by Gasteiger charge is 2.28. The van der Waals surface area contributed by atoms with Crippen LogP contribution in [0, 0.1) is 5.82 Å². The van der Waals surface area contributed by atoms with Crippen molar-refractivity contribution < 1.29 is 9.18 Å². The molecule has 0 spiro atoms. The summed E-state index contributed by atoms with van der Waals surface area (Å²) in [7, 11) is 0. The van der Waals surface area contributed by atoms with Crippen LogP contribution in [-0.4, -0.2) is 28.1 Å². The highest BCUT2D eigenvalue weighted by molar-refractivity contribution is 9.10. The molecule has 1 heterocycles. The van der Waals surface area contributed by atoms with Crippen LogP contribution in [0.1, 0.15) is 19.4 Å². The molecule has 1 N–H and O–H groups in total. The molecule has 0 fully saturated rings. The zero-order valence-electron chi connectivity index (χ0n) is 14.6. The van der Waals surface area contributed by atoms with E-state index in [-0.39, 0.29) is 16.7 Å². The fourth-order valence-corrected chi connectivity index (χ4v) is 3.82. The molecule has 8 heteroatoms. The minimum atomic E-state index is -0.564. The van der Waals surface area contributed by atoms with Crippen LogP contribution in [0.15, 0.2) is 56.9 Å². The zero-order chi connectivity index (χ0) is 19.6. The number of carbonyl (C=O) groups excluding carboxylic acids is 1. The lowest BCUT2D eigenvalue weighted by Crippen LogP contribution is -2.17. The van der Waals surface area contributed by atoms with Crippen molar-refractivity contribution in [1.82, 2.24) is 0 Å². The van der Waals surface area contributed by atoms with Crippen molar-refractivity contribution in [2.24, 2.45) is 9.98 Å². The van der Waals surface area contributed by atoms with Gasteiger partial charge < -0.3 is 5.32 Å². The Hall–Kier alpha value is -1.70. The summed E-state index contributed by atoms with van der Waals surface area (Å²) in [6, 6.07) is 11.9. The molecule has 3 rings (SSSR count). The molecule has 1 aliphatic rings. The second-order valence-corrected chi connectivity index (χ2v) is 8.63. The Bertz CT molecular complexity index is 944. The number of hydrogen-bond donors (Lipinski definition) is 1. The zero-order valence-corrected chi connectivity index (χ0v) is 17.8. The maximum atomic E-state index is 13.2. The summed E-state index contributed by atoms with van der Waals surface area (Å²) < 4.78 is 14.2.